The summed E-state index contributed by atoms with van der Waals surface area (Å²) in [5.41, 5.74) is 2.12. The van der Waals surface area contributed by atoms with Crippen LogP contribution in [0.4, 0.5) is 0 Å². The Hall–Kier alpha value is -2.81. The number of fused-ring (bicyclic) bond motifs is 1. The molecule has 1 saturated carbocycles. The Morgan fingerprint density at radius 1 is 1.05 bits per heavy atom. The third-order valence-corrected chi connectivity index (χ3v) is 8.23. The average Bonchev–Trinajstić information content (AvgIpc) is 3.86. The Balaban J connectivity index is 1.38. The van der Waals surface area contributed by atoms with Gasteiger partial charge in [-0.25, -0.2) is 0 Å². The molecular weight excluding hydrogens is 518 g/mol. The maximum Gasteiger partial charge on any atom is 0.163 e. The van der Waals surface area contributed by atoms with Crippen molar-refractivity contribution in [2.45, 2.75) is 57.9 Å². The minimum absolute atomic E-state index is 0.425. The first-order valence-electron chi connectivity index (χ1n) is 15.5. The van der Waals surface area contributed by atoms with Gasteiger partial charge in [-0.2, -0.15) is 0 Å². The summed E-state index contributed by atoms with van der Waals surface area (Å²) in [6, 6.07) is 6.52. The fourth-order valence-electron chi connectivity index (χ4n) is 5.61. The van der Waals surface area contributed by atoms with Crippen LogP contribution in [0.2, 0.25) is 0 Å². The Morgan fingerprint density at radius 2 is 1.83 bits per heavy atom. The van der Waals surface area contributed by atoms with Gasteiger partial charge in [0.2, 0.25) is 0 Å². The minimum atomic E-state index is 0.425. The van der Waals surface area contributed by atoms with Crippen LogP contribution < -0.4 is 14.2 Å². The minimum Gasteiger partial charge on any atom is -0.493 e. The molecule has 2 aromatic rings. The van der Waals surface area contributed by atoms with Gasteiger partial charge >= 0.3 is 0 Å². The first-order valence-corrected chi connectivity index (χ1v) is 15.5. The van der Waals surface area contributed by atoms with E-state index in [2.05, 4.69) is 41.0 Å². The van der Waals surface area contributed by atoms with E-state index in [0.29, 0.717) is 30.1 Å². The zero-order chi connectivity index (χ0) is 28.4. The lowest BCUT2D eigenvalue weighted by Crippen LogP contribution is -2.37. The van der Waals surface area contributed by atoms with E-state index in [1.807, 2.05) is 24.4 Å². The lowest BCUT2D eigenvalue weighted by atomic mass is 9.89. The molecule has 5 rings (SSSR count). The molecule has 1 aliphatic carbocycles. The summed E-state index contributed by atoms with van der Waals surface area (Å²) in [5.74, 6) is 3.52. The topological polar surface area (TPSA) is 65.5 Å². The van der Waals surface area contributed by atoms with Gasteiger partial charge in [0, 0.05) is 69.8 Å². The van der Waals surface area contributed by atoms with Gasteiger partial charge in [-0.1, -0.05) is 19.4 Å². The number of rotatable bonds is 14. The summed E-state index contributed by atoms with van der Waals surface area (Å²) < 4.78 is 30.0. The second-order valence-electron chi connectivity index (χ2n) is 11.3. The number of benzene rings is 1. The van der Waals surface area contributed by atoms with Crippen LogP contribution in [0.25, 0.3) is 10.9 Å². The van der Waals surface area contributed by atoms with E-state index in [9.17, 15) is 0 Å². The molecule has 8 nitrogen and oxygen atoms in total. The molecule has 224 valence electrons. The molecule has 3 fully saturated rings. The molecule has 0 spiro atoms. The summed E-state index contributed by atoms with van der Waals surface area (Å²) in [5, 5.41) is 0.909. The van der Waals surface area contributed by atoms with Gasteiger partial charge in [-0.15, -0.1) is 0 Å². The van der Waals surface area contributed by atoms with Crippen LogP contribution in [0.1, 0.15) is 51.9 Å². The predicted molar refractivity (Wildman–Crippen MR) is 162 cm³/mol. The molecule has 0 radical (unpaired) electrons. The van der Waals surface area contributed by atoms with Gasteiger partial charge in [0.05, 0.1) is 32.4 Å². The lowest BCUT2D eigenvalue weighted by Gasteiger charge is -2.28. The smallest absolute Gasteiger partial charge is 0.163 e. The number of ether oxygens (including phenoxy) is 5. The number of pyridine rings is 1. The summed E-state index contributed by atoms with van der Waals surface area (Å²) in [6.07, 6.45) is 14.0. The highest BCUT2D eigenvalue weighted by molar-refractivity contribution is 5.88. The second-order valence-corrected chi connectivity index (χ2v) is 11.3. The molecule has 3 heterocycles. The lowest BCUT2D eigenvalue weighted by molar-refractivity contribution is 0.0357. The Morgan fingerprint density at radius 3 is 2.56 bits per heavy atom. The normalized spacial score (nSPS) is 19.4. The third-order valence-electron chi connectivity index (χ3n) is 8.23. The highest BCUT2D eigenvalue weighted by atomic mass is 16.5. The van der Waals surface area contributed by atoms with E-state index in [1.54, 1.807) is 7.11 Å². The van der Waals surface area contributed by atoms with Gasteiger partial charge in [0.25, 0.3) is 0 Å². The molecule has 0 bridgehead atoms. The number of allylic oxidation sites excluding steroid dienone is 2. The standard InChI is InChI=1S/C33H47N3O5/c1-4-5-7-27(25-11-18-38-19-12-25)33(24-35(2)26-8-9-26)41-30-10-13-34-29-23-32(31(37-3)22-28(29)30)40-17-6-14-36-15-20-39-21-16-36/h7,10,13,22-26H,4-6,8-9,11-12,14-21H2,1-3H3/b27-7+,33-24+. The number of morpholine rings is 1. The molecule has 3 aliphatic rings. The molecule has 2 saturated heterocycles. The van der Waals surface area contributed by atoms with Crippen molar-refractivity contribution < 1.29 is 23.7 Å². The van der Waals surface area contributed by atoms with Gasteiger partial charge in [0.15, 0.2) is 11.5 Å². The number of nitrogens with zero attached hydrogens (tertiary/aromatic N) is 3. The Bertz CT molecular complexity index is 1180. The van der Waals surface area contributed by atoms with Gasteiger partial charge < -0.3 is 28.6 Å². The van der Waals surface area contributed by atoms with Crippen LogP contribution >= 0.6 is 0 Å². The highest BCUT2D eigenvalue weighted by Gasteiger charge is 2.28. The largest absolute Gasteiger partial charge is 0.493 e. The fraction of sp³-hybridized carbons (Fsp3) is 0.606. The van der Waals surface area contributed by atoms with Crippen molar-refractivity contribution in [2.75, 3.05) is 66.8 Å². The predicted octanol–water partition coefficient (Wildman–Crippen LogP) is 5.81. The Kier molecular flexibility index (Phi) is 10.8. The number of aromatic nitrogens is 1. The van der Waals surface area contributed by atoms with E-state index < -0.39 is 0 Å². The average molecular weight is 566 g/mol. The summed E-state index contributed by atoms with van der Waals surface area (Å²) in [6.45, 7) is 9.04. The van der Waals surface area contributed by atoms with E-state index in [1.165, 1.54) is 18.4 Å². The molecule has 0 amide bonds. The van der Waals surface area contributed by atoms with E-state index in [-0.39, 0.29) is 0 Å². The SMILES string of the molecule is CCC/C=C(/C(=C\N(C)C1CC1)Oc1ccnc2cc(OCCCN3CCOCC3)c(OC)cc12)C1CCOCC1. The fourth-order valence-corrected chi connectivity index (χ4v) is 5.61. The molecular formula is C33H47N3O5. The maximum absolute atomic E-state index is 6.85. The van der Waals surface area contributed by atoms with Crippen LogP contribution in [-0.2, 0) is 9.47 Å². The molecule has 8 heteroatoms. The molecule has 0 atom stereocenters. The van der Waals surface area contributed by atoms with Crippen molar-refractivity contribution in [1.29, 1.82) is 0 Å². The zero-order valence-electron chi connectivity index (χ0n) is 25.1. The molecule has 1 aromatic heterocycles. The second kappa shape index (κ2) is 14.9. The maximum atomic E-state index is 6.85. The van der Waals surface area contributed by atoms with Crippen LogP contribution in [0, 0.1) is 5.92 Å². The first kappa shape index (κ1) is 29.7. The summed E-state index contributed by atoms with van der Waals surface area (Å²) >= 11 is 0. The molecule has 1 aromatic carbocycles. The van der Waals surface area contributed by atoms with Crippen molar-refractivity contribution in [2.24, 2.45) is 5.92 Å². The molecule has 41 heavy (non-hydrogen) atoms. The van der Waals surface area contributed by atoms with Crippen molar-refractivity contribution >= 4 is 10.9 Å². The third kappa shape index (κ3) is 8.15. The van der Waals surface area contributed by atoms with Gasteiger partial charge in [0.1, 0.15) is 11.5 Å². The molecule has 2 aliphatic heterocycles. The van der Waals surface area contributed by atoms with Crippen molar-refractivity contribution in [1.82, 2.24) is 14.8 Å². The quantitative estimate of drug-likeness (QED) is 0.162. The van der Waals surface area contributed by atoms with E-state index in [0.717, 1.165) is 101 Å². The highest BCUT2D eigenvalue weighted by Crippen LogP contribution is 2.38. The van der Waals surface area contributed by atoms with Crippen LogP contribution in [0.5, 0.6) is 17.2 Å². The van der Waals surface area contributed by atoms with Gasteiger partial charge in [-0.3, -0.25) is 9.88 Å². The summed E-state index contributed by atoms with van der Waals surface area (Å²) in [7, 11) is 3.85. The zero-order valence-corrected chi connectivity index (χ0v) is 25.1. The van der Waals surface area contributed by atoms with E-state index in [4.69, 9.17) is 23.7 Å². The van der Waals surface area contributed by atoms with Crippen LogP contribution in [-0.4, -0.2) is 87.7 Å². The summed E-state index contributed by atoms with van der Waals surface area (Å²) in [4.78, 5) is 9.41. The van der Waals surface area contributed by atoms with Crippen molar-refractivity contribution in [3.8, 4) is 17.2 Å². The van der Waals surface area contributed by atoms with E-state index >= 15 is 0 Å². The monoisotopic (exact) mass is 565 g/mol. The Labute approximate surface area is 245 Å². The number of methoxy groups -OCH3 is 1. The van der Waals surface area contributed by atoms with Crippen LogP contribution in [0.3, 0.4) is 0 Å². The number of unbranched alkanes of at least 4 members (excludes halogenated alkanes) is 1. The number of hydrogen-bond donors (Lipinski definition) is 0. The molecule has 0 unspecified atom stereocenters. The van der Waals surface area contributed by atoms with Crippen LogP contribution in [0.15, 0.2) is 48.0 Å². The first-order chi connectivity index (χ1) is 20.2. The van der Waals surface area contributed by atoms with Crippen molar-refractivity contribution in [3.63, 3.8) is 0 Å². The molecule has 0 N–H and O–H groups in total. The van der Waals surface area contributed by atoms with Crippen molar-refractivity contribution in [3.05, 3.63) is 48.0 Å². The number of hydrogen-bond acceptors (Lipinski definition) is 8. The van der Waals surface area contributed by atoms with Gasteiger partial charge in [-0.05, 0) is 62.1 Å².